The molecule has 0 amide bonds. The Balaban J connectivity index is 1.96. The van der Waals surface area contributed by atoms with Crippen LogP contribution in [-0.4, -0.2) is 52.8 Å². The van der Waals surface area contributed by atoms with Gasteiger partial charge >= 0.3 is 5.97 Å². The van der Waals surface area contributed by atoms with Gasteiger partial charge in [-0.05, 0) is 69.9 Å². The van der Waals surface area contributed by atoms with Crippen molar-refractivity contribution >= 4 is 21.9 Å². The molecule has 1 heterocycles. The molecule has 0 bridgehead atoms. The Bertz CT molecular complexity index is 1370. The Morgan fingerprint density at radius 3 is 2.38 bits per heavy atom. The molecule has 5 N–H and O–H groups in total. The zero-order valence-electron chi connectivity index (χ0n) is 21.2. The quantitative estimate of drug-likeness (QED) is 0.291. The summed E-state index contributed by atoms with van der Waals surface area (Å²) < 4.78 is 34.2. The molecule has 0 saturated carbocycles. The zero-order chi connectivity index (χ0) is 27.4. The highest BCUT2D eigenvalue weighted by atomic mass is 32.2. The van der Waals surface area contributed by atoms with Crippen molar-refractivity contribution < 1.29 is 28.2 Å². The maximum Gasteiger partial charge on any atom is 0.335 e. The minimum Gasteiger partial charge on any atom is -0.478 e. The van der Waals surface area contributed by atoms with E-state index in [1.54, 1.807) is 19.9 Å². The van der Waals surface area contributed by atoms with Crippen LogP contribution in [0.15, 0.2) is 53.4 Å². The third kappa shape index (κ3) is 7.72. The van der Waals surface area contributed by atoms with Gasteiger partial charge in [0.1, 0.15) is 6.61 Å². The second-order valence-electron chi connectivity index (χ2n) is 9.54. The van der Waals surface area contributed by atoms with Crippen LogP contribution in [0.4, 0.5) is 5.95 Å². The fourth-order valence-electron chi connectivity index (χ4n) is 3.68. The van der Waals surface area contributed by atoms with E-state index in [0.717, 1.165) is 22.8 Å². The number of hydrogen-bond donors (Lipinski definition) is 4. The largest absolute Gasteiger partial charge is 0.478 e. The molecule has 198 valence electrons. The molecule has 2 aromatic carbocycles. The summed E-state index contributed by atoms with van der Waals surface area (Å²) in [6, 6.07) is 11.9. The summed E-state index contributed by atoms with van der Waals surface area (Å²) in [6.07, 6.45) is 0.993. The average Bonchev–Trinajstić information content (AvgIpc) is 2.80. The Labute approximate surface area is 216 Å². The smallest absolute Gasteiger partial charge is 0.335 e. The number of nitrogens with zero attached hydrogens (tertiary/aromatic N) is 2. The van der Waals surface area contributed by atoms with Crippen molar-refractivity contribution in [1.29, 1.82) is 0 Å². The lowest BCUT2D eigenvalue weighted by atomic mass is 10.00. The molecule has 1 aromatic heterocycles. The maximum atomic E-state index is 13.0. The van der Waals surface area contributed by atoms with Crippen LogP contribution in [-0.2, 0) is 10.0 Å². The van der Waals surface area contributed by atoms with Gasteiger partial charge in [-0.1, -0.05) is 24.3 Å². The number of carbonyl (C=O) groups is 1. The van der Waals surface area contributed by atoms with E-state index in [2.05, 4.69) is 14.7 Å². The SMILES string of the molecule is Cc1cccc(C)c1-c1cc(OC[C@H](N)CCC(C)(C)O)nc(NS(=O)(=O)c2cccc(C(=O)O)c2)n1. The summed E-state index contributed by atoms with van der Waals surface area (Å²) in [5, 5.41) is 19.2. The van der Waals surface area contributed by atoms with Crippen LogP contribution in [0.25, 0.3) is 11.3 Å². The predicted octanol–water partition coefficient (Wildman–Crippen LogP) is 3.52. The number of carboxylic acid groups (broad SMARTS) is 1. The van der Waals surface area contributed by atoms with Crippen LogP contribution in [0.3, 0.4) is 0 Å². The molecule has 3 rings (SSSR count). The first-order chi connectivity index (χ1) is 17.2. The summed E-state index contributed by atoms with van der Waals surface area (Å²) in [6.45, 7) is 7.32. The lowest BCUT2D eigenvalue weighted by Crippen LogP contribution is -2.31. The Morgan fingerprint density at radius 1 is 1.11 bits per heavy atom. The first-order valence-electron chi connectivity index (χ1n) is 11.7. The number of aliphatic hydroxyl groups is 1. The van der Waals surface area contributed by atoms with Crippen LogP contribution >= 0.6 is 0 Å². The van der Waals surface area contributed by atoms with Crippen LogP contribution in [0.5, 0.6) is 5.88 Å². The number of sulfonamides is 1. The summed E-state index contributed by atoms with van der Waals surface area (Å²) in [4.78, 5) is 19.7. The standard InChI is InChI=1S/C26H32N4O6S/c1-16-7-5-8-17(2)23(16)21-14-22(36-15-19(27)11-12-26(3,4)33)29-25(28-21)30-37(34,35)20-10-6-9-18(13-20)24(31)32/h5-10,13-14,19,33H,11-12,15,27H2,1-4H3,(H,31,32)(H,28,29,30)/t19-/m1/s1. The van der Waals surface area contributed by atoms with Crippen LogP contribution in [0.2, 0.25) is 0 Å². The Morgan fingerprint density at radius 2 is 1.76 bits per heavy atom. The molecular formula is C26H32N4O6S. The average molecular weight is 529 g/mol. The fourth-order valence-corrected chi connectivity index (χ4v) is 4.67. The molecule has 0 aliphatic rings. The first kappa shape index (κ1) is 28.0. The van der Waals surface area contributed by atoms with Crippen molar-refractivity contribution in [3.63, 3.8) is 0 Å². The number of carboxylic acids is 1. The van der Waals surface area contributed by atoms with Gasteiger partial charge in [-0.3, -0.25) is 0 Å². The van der Waals surface area contributed by atoms with Crippen molar-refractivity contribution in [2.24, 2.45) is 5.73 Å². The van der Waals surface area contributed by atoms with Gasteiger partial charge in [-0.2, -0.15) is 4.98 Å². The van der Waals surface area contributed by atoms with E-state index in [-0.39, 0.29) is 34.9 Å². The summed E-state index contributed by atoms with van der Waals surface area (Å²) >= 11 is 0. The van der Waals surface area contributed by atoms with Gasteiger partial charge in [-0.25, -0.2) is 22.9 Å². The minimum atomic E-state index is -4.21. The molecule has 0 saturated heterocycles. The number of rotatable bonds is 11. The number of ether oxygens (including phenoxy) is 1. The van der Waals surface area contributed by atoms with E-state index >= 15 is 0 Å². The number of benzene rings is 2. The van der Waals surface area contributed by atoms with Gasteiger partial charge in [0.15, 0.2) is 0 Å². The lowest BCUT2D eigenvalue weighted by Gasteiger charge is -2.20. The molecule has 0 spiro atoms. The van der Waals surface area contributed by atoms with Gasteiger partial charge in [0.05, 0.1) is 21.8 Å². The Hall–Kier alpha value is -3.54. The third-order valence-electron chi connectivity index (χ3n) is 5.63. The van der Waals surface area contributed by atoms with E-state index in [4.69, 9.17) is 10.5 Å². The van der Waals surface area contributed by atoms with Crippen molar-refractivity contribution in [2.45, 2.75) is 57.1 Å². The first-order valence-corrected chi connectivity index (χ1v) is 13.2. The molecular weight excluding hydrogens is 496 g/mol. The van der Waals surface area contributed by atoms with Crippen LogP contribution in [0, 0.1) is 13.8 Å². The van der Waals surface area contributed by atoms with Crippen molar-refractivity contribution in [3.8, 4) is 17.1 Å². The number of hydrogen-bond acceptors (Lipinski definition) is 8. The van der Waals surface area contributed by atoms with Gasteiger partial charge in [0.2, 0.25) is 11.8 Å². The van der Waals surface area contributed by atoms with E-state index in [1.807, 2.05) is 32.0 Å². The third-order valence-corrected chi connectivity index (χ3v) is 6.95. The molecule has 11 heteroatoms. The zero-order valence-corrected chi connectivity index (χ0v) is 22.0. The summed E-state index contributed by atoms with van der Waals surface area (Å²) in [7, 11) is -4.21. The van der Waals surface area contributed by atoms with E-state index in [1.165, 1.54) is 18.2 Å². The molecule has 0 aliphatic heterocycles. The van der Waals surface area contributed by atoms with Gasteiger partial charge in [-0.15, -0.1) is 0 Å². The van der Waals surface area contributed by atoms with Gasteiger partial charge in [0.25, 0.3) is 10.0 Å². The highest BCUT2D eigenvalue weighted by Gasteiger charge is 2.21. The molecule has 0 aliphatic carbocycles. The second-order valence-corrected chi connectivity index (χ2v) is 11.2. The van der Waals surface area contributed by atoms with E-state index < -0.39 is 21.6 Å². The Kier molecular flexibility index (Phi) is 8.52. The predicted molar refractivity (Wildman–Crippen MR) is 140 cm³/mol. The second kappa shape index (κ2) is 11.2. The molecule has 0 fully saturated rings. The summed E-state index contributed by atoms with van der Waals surface area (Å²) in [5.41, 5.74) is 8.21. The van der Waals surface area contributed by atoms with Gasteiger partial charge in [0, 0.05) is 17.7 Å². The molecule has 3 aromatic rings. The van der Waals surface area contributed by atoms with Crippen molar-refractivity contribution in [3.05, 3.63) is 65.2 Å². The minimum absolute atomic E-state index is 0.0894. The maximum absolute atomic E-state index is 13.0. The lowest BCUT2D eigenvalue weighted by molar-refractivity contribution is 0.0647. The van der Waals surface area contributed by atoms with Crippen molar-refractivity contribution in [1.82, 2.24) is 9.97 Å². The highest BCUT2D eigenvalue weighted by Crippen LogP contribution is 2.29. The number of nitrogens with two attached hydrogens (primary N) is 1. The molecule has 0 unspecified atom stereocenters. The molecule has 10 nitrogen and oxygen atoms in total. The molecule has 0 radical (unpaired) electrons. The normalized spacial score (nSPS) is 12.7. The molecule has 37 heavy (non-hydrogen) atoms. The van der Waals surface area contributed by atoms with Crippen molar-refractivity contribution in [2.75, 3.05) is 11.3 Å². The topological polar surface area (TPSA) is 165 Å². The van der Waals surface area contributed by atoms with E-state index in [9.17, 15) is 23.4 Å². The number of aryl methyl sites for hydroxylation is 2. The van der Waals surface area contributed by atoms with Gasteiger partial charge < -0.3 is 20.7 Å². The fraction of sp³-hybridized carbons (Fsp3) is 0.346. The summed E-state index contributed by atoms with van der Waals surface area (Å²) in [5.74, 6) is -1.37. The van der Waals surface area contributed by atoms with E-state index in [0.29, 0.717) is 18.5 Å². The monoisotopic (exact) mass is 528 g/mol. The number of aromatic nitrogens is 2. The highest BCUT2D eigenvalue weighted by molar-refractivity contribution is 7.92. The molecule has 1 atom stereocenters. The number of anilines is 1. The van der Waals surface area contributed by atoms with Crippen LogP contribution in [0.1, 0.15) is 48.2 Å². The van der Waals surface area contributed by atoms with Crippen LogP contribution < -0.4 is 15.2 Å². The number of aromatic carboxylic acids is 1. The number of nitrogens with one attached hydrogen (secondary N) is 1.